The Kier molecular flexibility index (Phi) is 2.49. The number of aryl methyl sites for hydroxylation is 1. The summed E-state index contributed by atoms with van der Waals surface area (Å²) in [5.74, 6) is 1.30. The number of aromatic nitrogens is 1. The van der Waals surface area contributed by atoms with Gasteiger partial charge in [-0.2, -0.15) is 0 Å². The Balaban J connectivity index is 2.49. The van der Waals surface area contributed by atoms with E-state index in [0.717, 1.165) is 23.4 Å². The molecular formula is C13H18N2O. The maximum absolute atomic E-state index is 12.0. The standard InChI is InChI=1S/C13H18N2O/c1-8(2)6-13(4)10-5-9(3)7-14-11(10)15-12(13)16/h5,7-8H,6H2,1-4H3,(H,14,15,16). The fraction of sp³-hybridized carbons (Fsp3) is 0.538. The third-order valence-electron chi connectivity index (χ3n) is 3.17. The van der Waals surface area contributed by atoms with Gasteiger partial charge in [-0.3, -0.25) is 4.79 Å². The minimum Gasteiger partial charge on any atom is -0.310 e. The van der Waals surface area contributed by atoms with Gasteiger partial charge in [-0.1, -0.05) is 13.8 Å². The number of nitrogens with one attached hydrogen (secondary N) is 1. The number of nitrogens with zero attached hydrogens (tertiary/aromatic N) is 1. The molecule has 0 spiro atoms. The molecule has 1 aliphatic rings. The molecule has 1 N–H and O–H groups in total. The van der Waals surface area contributed by atoms with E-state index in [0.29, 0.717) is 5.92 Å². The van der Waals surface area contributed by atoms with Gasteiger partial charge in [0, 0.05) is 11.8 Å². The van der Waals surface area contributed by atoms with Crippen LogP contribution in [0, 0.1) is 12.8 Å². The molecule has 1 amide bonds. The van der Waals surface area contributed by atoms with Crippen LogP contribution in [0.2, 0.25) is 0 Å². The van der Waals surface area contributed by atoms with Crippen LogP contribution in [0.15, 0.2) is 12.3 Å². The fourth-order valence-corrected chi connectivity index (χ4v) is 2.48. The Bertz CT molecular complexity index is 440. The van der Waals surface area contributed by atoms with Gasteiger partial charge < -0.3 is 5.32 Å². The van der Waals surface area contributed by atoms with Crippen molar-refractivity contribution in [1.29, 1.82) is 0 Å². The molecule has 0 saturated carbocycles. The summed E-state index contributed by atoms with van der Waals surface area (Å²) in [5.41, 5.74) is 1.74. The second-order valence-electron chi connectivity index (χ2n) is 5.29. The Morgan fingerprint density at radius 3 is 2.81 bits per heavy atom. The van der Waals surface area contributed by atoms with Crippen LogP contribution >= 0.6 is 0 Å². The summed E-state index contributed by atoms with van der Waals surface area (Å²) in [7, 11) is 0. The quantitative estimate of drug-likeness (QED) is 0.829. The zero-order chi connectivity index (χ0) is 11.9. The third kappa shape index (κ3) is 1.60. The maximum Gasteiger partial charge on any atom is 0.236 e. The van der Waals surface area contributed by atoms with Crippen LogP contribution in [0.4, 0.5) is 5.82 Å². The molecule has 1 aromatic rings. The molecule has 0 aliphatic carbocycles. The first-order chi connectivity index (χ1) is 7.43. The van der Waals surface area contributed by atoms with E-state index < -0.39 is 5.41 Å². The lowest BCUT2D eigenvalue weighted by molar-refractivity contribution is -0.120. The predicted octanol–water partition coefficient (Wildman–Crippen LogP) is 2.65. The summed E-state index contributed by atoms with van der Waals surface area (Å²) >= 11 is 0. The highest BCUT2D eigenvalue weighted by molar-refractivity contribution is 6.04. The van der Waals surface area contributed by atoms with Crippen LogP contribution in [-0.2, 0) is 10.2 Å². The molecule has 1 atom stereocenters. The van der Waals surface area contributed by atoms with Gasteiger partial charge in [0.15, 0.2) is 0 Å². The van der Waals surface area contributed by atoms with Crippen molar-refractivity contribution in [2.45, 2.75) is 39.5 Å². The summed E-state index contributed by atoms with van der Waals surface area (Å²) < 4.78 is 0. The Hall–Kier alpha value is -1.38. The van der Waals surface area contributed by atoms with E-state index in [1.807, 2.05) is 13.8 Å². The highest BCUT2D eigenvalue weighted by Gasteiger charge is 2.43. The zero-order valence-corrected chi connectivity index (χ0v) is 10.3. The Morgan fingerprint density at radius 1 is 1.50 bits per heavy atom. The second-order valence-corrected chi connectivity index (χ2v) is 5.29. The summed E-state index contributed by atoms with van der Waals surface area (Å²) in [5, 5.41) is 2.87. The first-order valence-corrected chi connectivity index (χ1v) is 5.72. The van der Waals surface area contributed by atoms with Crippen molar-refractivity contribution in [1.82, 2.24) is 4.98 Å². The molecule has 1 aromatic heterocycles. The zero-order valence-electron chi connectivity index (χ0n) is 10.3. The van der Waals surface area contributed by atoms with E-state index in [9.17, 15) is 4.79 Å². The highest BCUT2D eigenvalue weighted by atomic mass is 16.2. The van der Waals surface area contributed by atoms with Crippen molar-refractivity contribution >= 4 is 11.7 Å². The van der Waals surface area contributed by atoms with Crippen LogP contribution in [-0.4, -0.2) is 10.9 Å². The molecule has 86 valence electrons. The summed E-state index contributed by atoms with van der Waals surface area (Å²) in [6.45, 7) is 8.29. The molecule has 0 radical (unpaired) electrons. The average molecular weight is 218 g/mol. The summed E-state index contributed by atoms with van der Waals surface area (Å²) in [4.78, 5) is 16.3. The summed E-state index contributed by atoms with van der Waals surface area (Å²) in [6.07, 6.45) is 2.65. The molecule has 1 unspecified atom stereocenters. The number of carbonyl (C=O) groups excluding carboxylic acids is 1. The molecule has 16 heavy (non-hydrogen) atoms. The van der Waals surface area contributed by atoms with Gasteiger partial charge in [0.05, 0.1) is 5.41 Å². The number of hydrogen-bond acceptors (Lipinski definition) is 2. The molecule has 0 saturated heterocycles. The Labute approximate surface area is 96.3 Å². The first-order valence-electron chi connectivity index (χ1n) is 5.72. The number of rotatable bonds is 2. The van der Waals surface area contributed by atoms with E-state index in [4.69, 9.17) is 0 Å². The third-order valence-corrected chi connectivity index (χ3v) is 3.17. The predicted molar refractivity (Wildman–Crippen MR) is 64.4 cm³/mol. The normalized spacial score (nSPS) is 23.4. The molecule has 2 rings (SSSR count). The van der Waals surface area contributed by atoms with Gasteiger partial charge in [0.2, 0.25) is 5.91 Å². The number of hydrogen-bond donors (Lipinski definition) is 1. The van der Waals surface area contributed by atoms with Gasteiger partial charge in [-0.05, 0) is 37.8 Å². The molecule has 3 nitrogen and oxygen atoms in total. The molecule has 2 heterocycles. The lowest BCUT2D eigenvalue weighted by Crippen LogP contribution is -2.32. The number of amides is 1. The number of fused-ring (bicyclic) bond motifs is 1. The molecule has 0 aromatic carbocycles. The van der Waals surface area contributed by atoms with Crippen molar-refractivity contribution in [2.75, 3.05) is 5.32 Å². The fourth-order valence-electron chi connectivity index (χ4n) is 2.48. The van der Waals surface area contributed by atoms with Gasteiger partial charge in [-0.15, -0.1) is 0 Å². The molecule has 0 bridgehead atoms. The van der Waals surface area contributed by atoms with Crippen molar-refractivity contribution in [3.63, 3.8) is 0 Å². The first kappa shape index (κ1) is 11.1. The highest BCUT2D eigenvalue weighted by Crippen LogP contribution is 2.40. The van der Waals surface area contributed by atoms with Crippen molar-refractivity contribution in [3.8, 4) is 0 Å². The number of pyridine rings is 1. The lowest BCUT2D eigenvalue weighted by atomic mass is 9.77. The minimum absolute atomic E-state index is 0.0781. The van der Waals surface area contributed by atoms with Gasteiger partial charge in [0.1, 0.15) is 5.82 Å². The molecule has 0 fully saturated rings. The van der Waals surface area contributed by atoms with E-state index in [2.05, 4.69) is 30.2 Å². The number of carbonyl (C=O) groups is 1. The molecule has 3 heteroatoms. The summed E-state index contributed by atoms with van der Waals surface area (Å²) in [6, 6.07) is 2.07. The second kappa shape index (κ2) is 3.58. The van der Waals surface area contributed by atoms with E-state index >= 15 is 0 Å². The smallest absolute Gasteiger partial charge is 0.236 e. The minimum atomic E-state index is -0.414. The van der Waals surface area contributed by atoms with Crippen LogP contribution in [0.1, 0.15) is 38.3 Å². The maximum atomic E-state index is 12.0. The largest absolute Gasteiger partial charge is 0.310 e. The van der Waals surface area contributed by atoms with Crippen LogP contribution < -0.4 is 5.32 Å². The topological polar surface area (TPSA) is 42.0 Å². The van der Waals surface area contributed by atoms with Crippen LogP contribution in [0.5, 0.6) is 0 Å². The molecular weight excluding hydrogens is 200 g/mol. The van der Waals surface area contributed by atoms with Gasteiger partial charge in [-0.25, -0.2) is 4.98 Å². The van der Waals surface area contributed by atoms with Crippen molar-refractivity contribution < 1.29 is 4.79 Å². The van der Waals surface area contributed by atoms with E-state index in [1.165, 1.54) is 0 Å². The van der Waals surface area contributed by atoms with E-state index in [-0.39, 0.29) is 5.91 Å². The SMILES string of the molecule is Cc1cnc2c(c1)C(C)(CC(C)C)C(=O)N2. The van der Waals surface area contributed by atoms with Crippen LogP contribution in [0.3, 0.4) is 0 Å². The van der Waals surface area contributed by atoms with E-state index in [1.54, 1.807) is 6.20 Å². The lowest BCUT2D eigenvalue weighted by Gasteiger charge is -2.24. The van der Waals surface area contributed by atoms with Gasteiger partial charge in [0.25, 0.3) is 0 Å². The number of anilines is 1. The average Bonchev–Trinajstić information content (AvgIpc) is 2.40. The Morgan fingerprint density at radius 2 is 2.19 bits per heavy atom. The van der Waals surface area contributed by atoms with Crippen molar-refractivity contribution in [2.24, 2.45) is 5.92 Å². The monoisotopic (exact) mass is 218 g/mol. The molecule has 1 aliphatic heterocycles. The van der Waals surface area contributed by atoms with Gasteiger partial charge >= 0.3 is 0 Å². The van der Waals surface area contributed by atoms with Crippen LogP contribution in [0.25, 0.3) is 0 Å². The van der Waals surface area contributed by atoms with Crippen molar-refractivity contribution in [3.05, 3.63) is 23.4 Å².